The molecule has 0 saturated carbocycles. The highest BCUT2D eigenvalue weighted by atomic mass is 16.5. The van der Waals surface area contributed by atoms with Crippen LogP contribution in [-0.2, 0) is 36.9 Å². The van der Waals surface area contributed by atoms with Crippen molar-refractivity contribution < 1.29 is 28.6 Å². The maximum atomic E-state index is 12.9. The van der Waals surface area contributed by atoms with E-state index in [4.69, 9.17) is 14.2 Å². The van der Waals surface area contributed by atoms with Crippen molar-refractivity contribution in [3.63, 3.8) is 0 Å². The summed E-state index contributed by atoms with van der Waals surface area (Å²) in [6.07, 6.45) is 1.74. The number of rotatable bonds is 11. The second-order valence-electron chi connectivity index (χ2n) is 8.24. The van der Waals surface area contributed by atoms with Gasteiger partial charge in [0.25, 0.3) is 0 Å². The predicted octanol–water partition coefficient (Wildman–Crippen LogP) is 0.698. The molecule has 0 bridgehead atoms. The number of nitrogens with one attached hydrogen (secondary N) is 2. The fraction of sp³-hybridized carbons (Fsp3) is 0.440. The minimum Gasteiger partial charge on any atom is -0.481 e. The van der Waals surface area contributed by atoms with Crippen molar-refractivity contribution in [1.82, 2.24) is 20.5 Å². The number of benzene rings is 1. The lowest BCUT2D eigenvalue weighted by Crippen LogP contribution is -2.53. The van der Waals surface area contributed by atoms with E-state index in [1.165, 1.54) is 7.11 Å². The monoisotopic (exact) mass is 484 g/mol. The van der Waals surface area contributed by atoms with Gasteiger partial charge < -0.3 is 24.8 Å². The van der Waals surface area contributed by atoms with E-state index >= 15 is 0 Å². The first kappa shape index (κ1) is 26.1. The molecule has 1 fully saturated rings. The third kappa shape index (κ3) is 8.66. The van der Waals surface area contributed by atoms with E-state index in [0.29, 0.717) is 32.2 Å². The van der Waals surface area contributed by atoms with Crippen molar-refractivity contribution in [2.75, 3.05) is 40.0 Å². The molecule has 0 unspecified atom stereocenters. The zero-order chi connectivity index (χ0) is 25.0. The van der Waals surface area contributed by atoms with E-state index in [1.807, 2.05) is 35.2 Å². The van der Waals surface area contributed by atoms with Crippen LogP contribution in [0.4, 0.5) is 0 Å². The van der Waals surface area contributed by atoms with Crippen LogP contribution < -0.4 is 15.4 Å². The number of hydrogen-bond acceptors (Lipinski definition) is 8. The van der Waals surface area contributed by atoms with Crippen LogP contribution >= 0.6 is 0 Å². The van der Waals surface area contributed by atoms with Crippen LogP contribution in [0.15, 0.2) is 48.7 Å². The van der Waals surface area contributed by atoms with Crippen molar-refractivity contribution in [3.05, 3.63) is 59.8 Å². The second-order valence-corrected chi connectivity index (χ2v) is 8.24. The minimum atomic E-state index is -0.961. The molecule has 3 rings (SSSR count). The van der Waals surface area contributed by atoms with Crippen LogP contribution in [0.5, 0.6) is 5.88 Å². The van der Waals surface area contributed by atoms with E-state index < -0.39 is 24.0 Å². The third-order valence-electron chi connectivity index (χ3n) is 5.51. The molecular formula is C25H32N4O6. The van der Waals surface area contributed by atoms with Gasteiger partial charge in [-0.25, -0.2) is 9.78 Å². The molecule has 0 spiro atoms. The van der Waals surface area contributed by atoms with E-state index in [2.05, 4.69) is 15.6 Å². The molecule has 1 aromatic heterocycles. The van der Waals surface area contributed by atoms with Crippen molar-refractivity contribution in [3.8, 4) is 5.88 Å². The molecule has 1 aromatic carbocycles. The van der Waals surface area contributed by atoms with Gasteiger partial charge >= 0.3 is 5.97 Å². The molecule has 2 amide bonds. The molecule has 1 saturated heterocycles. The zero-order valence-corrected chi connectivity index (χ0v) is 20.1. The Kier molecular flexibility index (Phi) is 10.00. The maximum absolute atomic E-state index is 12.9. The molecule has 2 N–H and O–H groups in total. The topological polar surface area (TPSA) is 119 Å². The van der Waals surface area contributed by atoms with Crippen molar-refractivity contribution in [2.45, 2.75) is 32.0 Å². The first-order valence-electron chi connectivity index (χ1n) is 11.5. The highest BCUT2D eigenvalue weighted by molar-refractivity contribution is 5.91. The number of esters is 1. The molecule has 10 heteroatoms. The number of hydrogen-bond donors (Lipinski definition) is 2. The van der Waals surface area contributed by atoms with Gasteiger partial charge in [0.2, 0.25) is 17.7 Å². The van der Waals surface area contributed by atoms with Gasteiger partial charge in [0.05, 0.1) is 26.9 Å². The number of amides is 2. The highest BCUT2D eigenvalue weighted by Crippen LogP contribution is 2.12. The number of carbonyl (C=O) groups is 3. The largest absolute Gasteiger partial charge is 0.481 e. The smallest absolute Gasteiger partial charge is 0.329 e. The fourth-order valence-corrected chi connectivity index (χ4v) is 3.56. The van der Waals surface area contributed by atoms with E-state index in [1.54, 1.807) is 25.3 Å². The van der Waals surface area contributed by atoms with E-state index in [-0.39, 0.29) is 25.5 Å². The second kappa shape index (κ2) is 13.4. The van der Waals surface area contributed by atoms with Crippen LogP contribution in [0.2, 0.25) is 0 Å². The number of nitrogens with zero attached hydrogens (tertiary/aromatic N) is 2. The van der Waals surface area contributed by atoms with Crippen molar-refractivity contribution in [2.24, 2.45) is 0 Å². The van der Waals surface area contributed by atoms with Gasteiger partial charge in [0.1, 0.15) is 18.7 Å². The molecule has 10 nitrogen and oxygen atoms in total. The molecule has 2 atom stereocenters. The van der Waals surface area contributed by atoms with Crippen molar-refractivity contribution in [1.29, 1.82) is 0 Å². The lowest BCUT2D eigenvalue weighted by atomic mass is 10.1. The summed E-state index contributed by atoms with van der Waals surface area (Å²) < 4.78 is 15.9. The normalized spacial score (nSPS) is 15.5. The lowest BCUT2D eigenvalue weighted by Gasteiger charge is -2.26. The van der Waals surface area contributed by atoms with Gasteiger partial charge in [-0.1, -0.05) is 30.3 Å². The predicted molar refractivity (Wildman–Crippen MR) is 128 cm³/mol. The van der Waals surface area contributed by atoms with Gasteiger partial charge in [-0.2, -0.15) is 0 Å². The summed E-state index contributed by atoms with van der Waals surface area (Å²) in [6.45, 7) is 4.33. The van der Waals surface area contributed by atoms with E-state index in [0.717, 1.165) is 11.1 Å². The van der Waals surface area contributed by atoms with Crippen LogP contribution in [0.25, 0.3) is 0 Å². The standard InChI is InChI=1S/C25H32N4O6/c1-18(27-22(30)16-29-10-12-34-13-11-29)24(31)28-21(14-20-8-9-26-23(15-20)33-2)25(32)35-17-19-6-4-3-5-7-19/h3-9,15,18,21H,10-14,16-17H2,1-2H3,(H,27,30)(H,28,31)/t18-,21-/m0/s1. The van der Waals surface area contributed by atoms with Crippen molar-refractivity contribution >= 4 is 17.8 Å². The first-order valence-corrected chi connectivity index (χ1v) is 11.5. The Balaban J connectivity index is 1.61. The molecule has 0 aliphatic carbocycles. The van der Waals surface area contributed by atoms with E-state index in [9.17, 15) is 14.4 Å². The highest BCUT2D eigenvalue weighted by Gasteiger charge is 2.27. The molecule has 1 aliphatic rings. The molecule has 2 heterocycles. The van der Waals surface area contributed by atoms with Gasteiger partial charge in [-0.3, -0.25) is 14.5 Å². The Morgan fingerprint density at radius 1 is 1.09 bits per heavy atom. The Bertz CT molecular complexity index is 981. The Morgan fingerprint density at radius 3 is 2.54 bits per heavy atom. The number of ether oxygens (including phenoxy) is 3. The number of methoxy groups -OCH3 is 1. The van der Waals surface area contributed by atoms with Gasteiger partial charge in [0, 0.05) is 31.8 Å². The molecule has 1 aliphatic heterocycles. The number of carbonyl (C=O) groups excluding carboxylic acids is 3. The van der Waals surface area contributed by atoms with Crippen LogP contribution in [0, 0.1) is 0 Å². The SMILES string of the molecule is COc1cc(C[C@H](NC(=O)[C@H](C)NC(=O)CN2CCOCC2)C(=O)OCc2ccccc2)ccn1. The van der Waals surface area contributed by atoms with Gasteiger partial charge in [0.15, 0.2) is 0 Å². The number of aromatic nitrogens is 1. The average Bonchev–Trinajstić information content (AvgIpc) is 2.88. The summed E-state index contributed by atoms with van der Waals surface area (Å²) in [4.78, 5) is 44.2. The maximum Gasteiger partial charge on any atom is 0.329 e. The zero-order valence-electron chi connectivity index (χ0n) is 20.1. The summed E-state index contributed by atoms with van der Waals surface area (Å²) in [6, 6.07) is 10.9. The molecular weight excluding hydrogens is 452 g/mol. The summed E-state index contributed by atoms with van der Waals surface area (Å²) in [5, 5.41) is 5.42. The third-order valence-corrected chi connectivity index (χ3v) is 5.51. The average molecular weight is 485 g/mol. The first-order chi connectivity index (χ1) is 16.9. The fourth-order valence-electron chi connectivity index (χ4n) is 3.56. The molecule has 35 heavy (non-hydrogen) atoms. The Morgan fingerprint density at radius 2 is 1.83 bits per heavy atom. The number of pyridine rings is 1. The lowest BCUT2D eigenvalue weighted by molar-refractivity contribution is -0.149. The minimum absolute atomic E-state index is 0.0809. The summed E-state index contributed by atoms with van der Waals surface area (Å²) in [7, 11) is 1.50. The molecule has 188 valence electrons. The summed E-state index contributed by atoms with van der Waals surface area (Å²) >= 11 is 0. The Labute approximate surface area is 204 Å². The van der Waals surface area contributed by atoms with Crippen LogP contribution in [0.1, 0.15) is 18.1 Å². The van der Waals surface area contributed by atoms with Gasteiger partial charge in [-0.05, 0) is 24.1 Å². The quantitative estimate of drug-likeness (QED) is 0.448. The van der Waals surface area contributed by atoms with Crippen LogP contribution in [-0.4, -0.2) is 79.7 Å². The molecule has 2 aromatic rings. The van der Waals surface area contributed by atoms with Gasteiger partial charge in [-0.15, -0.1) is 0 Å². The molecule has 0 radical (unpaired) electrons. The van der Waals surface area contributed by atoms with Crippen LogP contribution in [0.3, 0.4) is 0 Å². The summed E-state index contributed by atoms with van der Waals surface area (Å²) in [5.74, 6) is -0.932. The summed E-state index contributed by atoms with van der Waals surface area (Å²) in [5.41, 5.74) is 1.57. The Hall–Kier alpha value is -3.50. The number of morpholine rings is 1.